The van der Waals surface area contributed by atoms with Gasteiger partial charge in [0.1, 0.15) is 12.6 Å². The second kappa shape index (κ2) is 15.6. The summed E-state index contributed by atoms with van der Waals surface area (Å²) < 4.78 is 29.2. The van der Waals surface area contributed by atoms with Gasteiger partial charge in [-0.3, -0.25) is 13.9 Å². The normalized spacial score (nSPS) is 14.3. The molecule has 1 N–H and O–H groups in total. The third-order valence-corrected chi connectivity index (χ3v) is 10.7. The highest BCUT2D eigenvalue weighted by Gasteiger charge is 2.35. The molecule has 2 amide bonds. The van der Waals surface area contributed by atoms with Gasteiger partial charge in [-0.2, -0.15) is 0 Å². The smallest absolute Gasteiger partial charge is 0.264 e. The number of hydrogen-bond donors (Lipinski definition) is 1. The summed E-state index contributed by atoms with van der Waals surface area (Å²) in [6.45, 7) is -0.542. The molecule has 10 heteroatoms. The monoisotopic (exact) mass is 677 g/mol. The van der Waals surface area contributed by atoms with E-state index >= 15 is 0 Å². The second-order valence-electron chi connectivity index (χ2n) is 11.5. The van der Waals surface area contributed by atoms with Crippen LogP contribution in [0.15, 0.2) is 114 Å². The van der Waals surface area contributed by atoms with Crippen LogP contribution in [0.4, 0.5) is 5.69 Å². The summed E-state index contributed by atoms with van der Waals surface area (Å²) in [6, 6.07) is 30.0. The number of anilines is 1. The van der Waals surface area contributed by atoms with Crippen LogP contribution in [-0.4, -0.2) is 43.8 Å². The number of benzene rings is 4. The maximum Gasteiger partial charge on any atom is 0.264 e. The first kappa shape index (κ1) is 33.5. The van der Waals surface area contributed by atoms with Crippen molar-refractivity contribution >= 4 is 50.7 Å². The minimum Gasteiger partial charge on any atom is -0.352 e. The fraction of sp³-hybridized carbons (Fsp3) is 0.278. The second-order valence-corrected chi connectivity index (χ2v) is 14.2. The Morgan fingerprint density at radius 3 is 2.04 bits per heavy atom. The van der Waals surface area contributed by atoms with Gasteiger partial charge >= 0.3 is 0 Å². The molecule has 1 aliphatic rings. The van der Waals surface area contributed by atoms with Gasteiger partial charge in [-0.1, -0.05) is 109 Å². The molecule has 0 heterocycles. The van der Waals surface area contributed by atoms with Crippen molar-refractivity contribution in [1.29, 1.82) is 0 Å². The maximum absolute atomic E-state index is 14.6. The molecule has 0 aromatic heterocycles. The summed E-state index contributed by atoms with van der Waals surface area (Å²) in [5.74, 6) is -0.825. The van der Waals surface area contributed by atoms with Crippen molar-refractivity contribution in [2.24, 2.45) is 0 Å². The van der Waals surface area contributed by atoms with Crippen LogP contribution in [0.25, 0.3) is 0 Å². The van der Waals surface area contributed by atoms with Crippen molar-refractivity contribution in [3.8, 4) is 0 Å². The molecule has 5 rings (SSSR count). The number of nitrogens with one attached hydrogen (secondary N) is 1. The third kappa shape index (κ3) is 8.49. The molecule has 0 aliphatic heterocycles. The van der Waals surface area contributed by atoms with Crippen LogP contribution >= 0.6 is 23.2 Å². The van der Waals surface area contributed by atoms with Crippen LogP contribution in [0.1, 0.15) is 43.2 Å². The van der Waals surface area contributed by atoms with Crippen LogP contribution in [-0.2, 0) is 32.6 Å². The molecule has 0 radical (unpaired) electrons. The molecule has 0 unspecified atom stereocenters. The molecule has 1 atom stereocenters. The number of carbonyl (C=O) groups excluding carboxylic acids is 2. The third-order valence-electron chi connectivity index (χ3n) is 8.25. The van der Waals surface area contributed by atoms with E-state index in [1.807, 2.05) is 36.4 Å². The van der Waals surface area contributed by atoms with E-state index in [0.29, 0.717) is 15.6 Å². The van der Waals surface area contributed by atoms with Crippen molar-refractivity contribution in [2.75, 3.05) is 10.8 Å². The van der Waals surface area contributed by atoms with Crippen molar-refractivity contribution in [3.05, 3.63) is 130 Å². The lowest BCUT2D eigenvalue weighted by atomic mass is 9.94. The first-order valence-electron chi connectivity index (χ1n) is 15.4. The van der Waals surface area contributed by atoms with E-state index < -0.39 is 28.5 Å². The van der Waals surface area contributed by atoms with Gasteiger partial charge in [0.25, 0.3) is 10.0 Å². The zero-order valence-electron chi connectivity index (χ0n) is 25.4. The van der Waals surface area contributed by atoms with Gasteiger partial charge in [0.2, 0.25) is 11.8 Å². The number of nitrogens with zero attached hydrogens (tertiary/aromatic N) is 2. The number of hydrogen-bond acceptors (Lipinski definition) is 4. The highest BCUT2D eigenvalue weighted by molar-refractivity contribution is 7.92. The van der Waals surface area contributed by atoms with Gasteiger partial charge < -0.3 is 10.2 Å². The highest BCUT2D eigenvalue weighted by atomic mass is 35.5. The average Bonchev–Trinajstić information content (AvgIpc) is 3.07. The Hall–Kier alpha value is -3.85. The first-order chi connectivity index (χ1) is 22.2. The van der Waals surface area contributed by atoms with Crippen molar-refractivity contribution in [3.63, 3.8) is 0 Å². The molecule has 46 heavy (non-hydrogen) atoms. The minimum absolute atomic E-state index is 0.00787. The summed E-state index contributed by atoms with van der Waals surface area (Å²) in [6.07, 6.45) is 5.19. The van der Waals surface area contributed by atoms with E-state index in [2.05, 4.69) is 5.32 Å². The van der Waals surface area contributed by atoms with E-state index in [-0.39, 0.29) is 35.5 Å². The molecule has 4 aromatic carbocycles. The standard InChI is InChI=1S/C36H37Cl2N3O4S/c37-29-20-22-31(23-21-29)41(46(44,45)32-17-8-3-9-18-32)26-35(42)40(25-28-14-10-11-19-33(28)38)34(24-27-12-4-1-5-13-27)36(43)39-30-15-6-2-7-16-30/h1,3-5,8-14,17-23,30,34H,2,6-7,15-16,24-26H2,(H,39,43)/t34-/m0/s1. The molecule has 240 valence electrons. The lowest BCUT2D eigenvalue weighted by Gasteiger charge is -2.35. The van der Waals surface area contributed by atoms with Gasteiger partial charge in [0, 0.05) is 29.1 Å². The maximum atomic E-state index is 14.6. The SMILES string of the molecule is O=C(NC1CCCCC1)[C@H](Cc1ccccc1)N(Cc1ccccc1Cl)C(=O)CN(c1ccc(Cl)cc1)S(=O)(=O)c1ccccc1. The molecular formula is C36H37Cl2N3O4S. The summed E-state index contributed by atoms with van der Waals surface area (Å²) in [5.41, 5.74) is 1.78. The molecule has 4 aromatic rings. The molecular weight excluding hydrogens is 641 g/mol. The van der Waals surface area contributed by atoms with Crippen LogP contribution in [0.5, 0.6) is 0 Å². The molecule has 1 aliphatic carbocycles. The highest BCUT2D eigenvalue weighted by Crippen LogP contribution is 2.27. The van der Waals surface area contributed by atoms with Gasteiger partial charge in [-0.15, -0.1) is 0 Å². The summed E-state index contributed by atoms with van der Waals surface area (Å²) >= 11 is 12.7. The lowest BCUT2D eigenvalue weighted by Crippen LogP contribution is -2.55. The molecule has 1 saturated carbocycles. The van der Waals surface area contributed by atoms with Crippen molar-refractivity contribution < 1.29 is 18.0 Å². The van der Waals surface area contributed by atoms with E-state index in [1.165, 1.54) is 17.0 Å². The van der Waals surface area contributed by atoms with Crippen LogP contribution in [0, 0.1) is 0 Å². The Bertz CT molecular complexity index is 1720. The summed E-state index contributed by atoms with van der Waals surface area (Å²) in [5, 5.41) is 4.08. The van der Waals surface area contributed by atoms with E-state index in [4.69, 9.17) is 23.2 Å². The Morgan fingerprint density at radius 2 is 1.39 bits per heavy atom. The number of rotatable bonds is 12. The van der Waals surface area contributed by atoms with Crippen LogP contribution < -0.4 is 9.62 Å². The van der Waals surface area contributed by atoms with Crippen LogP contribution in [0.2, 0.25) is 10.0 Å². The van der Waals surface area contributed by atoms with E-state index in [0.717, 1.165) is 42.0 Å². The summed E-state index contributed by atoms with van der Waals surface area (Å²) in [7, 11) is -4.19. The Labute approximate surface area is 281 Å². The van der Waals surface area contributed by atoms with Gasteiger partial charge in [0.15, 0.2) is 0 Å². The van der Waals surface area contributed by atoms with Gasteiger partial charge in [-0.25, -0.2) is 8.42 Å². The zero-order chi connectivity index (χ0) is 32.5. The lowest BCUT2D eigenvalue weighted by molar-refractivity contribution is -0.140. The quantitative estimate of drug-likeness (QED) is 0.171. The fourth-order valence-electron chi connectivity index (χ4n) is 5.76. The van der Waals surface area contributed by atoms with Gasteiger partial charge in [-0.05, 0) is 66.4 Å². The topological polar surface area (TPSA) is 86.8 Å². The Kier molecular flexibility index (Phi) is 11.4. The number of halogens is 2. The molecule has 1 fully saturated rings. The van der Waals surface area contributed by atoms with E-state index in [9.17, 15) is 18.0 Å². The van der Waals surface area contributed by atoms with Crippen LogP contribution in [0.3, 0.4) is 0 Å². The summed E-state index contributed by atoms with van der Waals surface area (Å²) in [4.78, 5) is 30.3. The predicted octanol–water partition coefficient (Wildman–Crippen LogP) is 7.28. The predicted molar refractivity (Wildman–Crippen MR) is 183 cm³/mol. The number of sulfonamides is 1. The molecule has 0 spiro atoms. The molecule has 7 nitrogen and oxygen atoms in total. The molecule has 0 bridgehead atoms. The van der Waals surface area contributed by atoms with Crippen molar-refractivity contribution in [2.45, 2.75) is 62.0 Å². The number of carbonyl (C=O) groups is 2. The Morgan fingerprint density at radius 1 is 0.783 bits per heavy atom. The largest absolute Gasteiger partial charge is 0.352 e. The number of amides is 2. The minimum atomic E-state index is -4.19. The fourth-order valence-corrected chi connectivity index (χ4v) is 7.52. The average molecular weight is 679 g/mol. The van der Waals surface area contributed by atoms with E-state index in [1.54, 1.807) is 60.7 Å². The Balaban J connectivity index is 1.56. The van der Waals surface area contributed by atoms with Crippen molar-refractivity contribution in [1.82, 2.24) is 10.2 Å². The first-order valence-corrected chi connectivity index (χ1v) is 17.6. The zero-order valence-corrected chi connectivity index (χ0v) is 27.7. The van der Waals surface area contributed by atoms with Gasteiger partial charge in [0.05, 0.1) is 10.6 Å². The molecule has 0 saturated heterocycles.